The van der Waals surface area contributed by atoms with Gasteiger partial charge in [-0.3, -0.25) is 9.63 Å². The zero-order chi connectivity index (χ0) is 15.5. The fourth-order valence-electron chi connectivity index (χ4n) is 2.36. The molecule has 0 spiro atoms. The number of rotatable bonds is 11. The summed E-state index contributed by atoms with van der Waals surface area (Å²) in [6.07, 6.45) is 4.40. The van der Waals surface area contributed by atoms with Gasteiger partial charge in [-0.05, 0) is 17.9 Å². The van der Waals surface area contributed by atoms with Crippen molar-refractivity contribution in [2.75, 3.05) is 0 Å². The molecule has 0 saturated carbocycles. The summed E-state index contributed by atoms with van der Waals surface area (Å²) in [5, 5.41) is 8.99. The number of hydroxylamine groups is 1. The standard InChI is InChI=1S/C17H27NO3/c1-3-4-8-14(2)11-16(12-17(19)20)18-21-13-15-9-6-5-7-10-15/h5-7,9-10,14,16,18H,3-4,8,11-13H2,1-2H3,(H,19,20)/t14-,16-/m1/s1. The van der Waals surface area contributed by atoms with Crippen molar-refractivity contribution in [3.05, 3.63) is 35.9 Å². The van der Waals surface area contributed by atoms with Crippen LogP contribution in [0.15, 0.2) is 30.3 Å². The number of carbonyl (C=O) groups is 1. The maximum atomic E-state index is 10.9. The first kappa shape index (κ1) is 17.7. The third-order valence-electron chi connectivity index (χ3n) is 3.49. The SMILES string of the molecule is CCCC[C@@H](C)C[C@H](CC(=O)O)NOCc1ccccc1. The second kappa shape index (κ2) is 10.4. The second-order valence-electron chi connectivity index (χ2n) is 5.67. The van der Waals surface area contributed by atoms with Gasteiger partial charge in [0.25, 0.3) is 0 Å². The van der Waals surface area contributed by atoms with Crippen LogP contribution in [0.5, 0.6) is 0 Å². The smallest absolute Gasteiger partial charge is 0.305 e. The molecule has 2 atom stereocenters. The maximum absolute atomic E-state index is 10.9. The zero-order valence-corrected chi connectivity index (χ0v) is 13.0. The lowest BCUT2D eigenvalue weighted by molar-refractivity contribution is -0.139. The molecule has 4 heteroatoms. The molecule has 0 aliphatic rings. The molecule has 0 aromatic heterocycles. The lowest BCUT2D eigenvalue weighted by Crippen LogP contribution is -2.33. The van der Waals surface area contributed by atoms with E-state index in [-0.39, 0.29) is 12.5 Å². The molecule has 0 bridgehead atoms. The Hall–Kier alpha value is -1.39. The van der Waals surface area contributed by atoms with Gasteiger partial charge in [0.15, 0.2) is 0 Å². The van der Waals surface area contributed by atoms with Gasteiger partial charge in [-0.2, -0.15) is 5.48 Å². The molecule has 0 heterocycles. The molecule has 0 fully saturated rings. The molecule has 21 heavy (non-hydrogen) atoms. The summed E-state index contributed by atoms with van der Waals surface area (Å²) in [6.45, 7) is 4.78. The summed E-state index contributed by atoms with van der Waals surface area (Å²) < 4.78 is 0. The van der Waals surface area contributed by atoms with Crippen molar-refractivity contribution in [2.24, 2.45) is 5.92 Å². The van der Waals surface area contributed by atoms with E-state index in [1.54, 1.807) is 0 Å². The Balaban J connectivity index is 2.36. The van der Waals surface area contributed by atoms with Crippen LogP contribution < -0.4 is 5.48 Å². The molecule has 118 valence electrons. The van der Waals surface area contributed by atoms with Crippen LogP contribution in [-0.4, -0.2) is 17.1 Å². The second-order valence-corrected chi connectivity index (χ2v) is 5.67. The van der Waals surface area contributed by atoms with E-state index in [0.29, 0.717) is 12.5 Å². The highest BCUT2D eigenvalue weighted by atomic mass is 16.6. The summed E-state index contributed by atoms with van der Waals surface area (Å²) in [5.41, 5.74) is 3.99. The van der Waals surface area contributed by atoms with E-state index in [1.807, 2.05) is 30.3 Å². The Morgan fingerprint density at radius 3 is 2.67 bits per heavy atom. The molecule has 0 unspecified atom stereocenters. The topological polar surface area (TPSA) is 58.6 Å². The molecule has 2 N–H and O–H groups in total. The molecule has 1 aromatic rings. The number of aliphatic carboxylic acids is 1. The average Bonchev–Trinajstić information content (AvgIpc) is 2.45. The normalized spacial score (nSPS) is 13.8. The van der Waals surface area contributed by atoms with Gasteiger partial charge in [0, 0.05) is 6.04 Å². The summed E-state index contributed by atoms with van der Waals surface area (Å²) in [6, 6.07) is 9.70. The summed E-state index contributed by atoms with van der Waals surface area (Å²) in [5.74, 6) is -0.291. The molecular formula is C17H27NO3. The lowest BCUT2D eigenvalue weighted by atomic mass is 9.95. The van der Waals surface area contributed by atoms with Gasteiger partial charge in [0.05, 0.1) is 13.0 Å². The number of hydrogen-bond acceptors (Lipinski definition) is 3. The van der Waals surface area contributed by atoms with Gasteiger partial charge < -0.3 is 5.11 Å². The first-order valence-electron chi connectivity index (χ1n) is 7.74. The van der Waals surface area contributed by atoms with Crippen LogP contribution in [0.1, 0.15) is 51.5 Å². The molecule has 0 aliphatic carbocycles. The van der Waals surface area contributed by atoms with Crippen LogP contribution in [0.3, 0.4) is 0 Å². The predicted octanol–water partition coefficient (Wildman–Crippen LogP) is 3.77. The molecule has 0 amide bonds. The Bertz CT molecular complexity index is 394. The van der Waals surface area contributed by atoms with Crippen molar-refractivity contribution in [2.45, 2.75) is 58.6 Å². The van der Waals surface area contributed by atoms with E-state index in [2.05, 4.69) is 19.3 Å². The van der Waals surface area contributed by atoms with E-state index in [4.69, 9.17) is 9.94 Å². The van der Waals surface area contributed by atoms with Crippen LogP contribution in [0.4, 0.5) is 0 Å². The Labute approximate surface area is 127 Å². The highest BCUT2D eigenvalue weighted by Gasteiger charge is 2.16. The third-order valence-corrected chi connectivity index (χ3v) is 3.49. The van der Waals surface area contributed by atoms with Crippen molar-refractivity contribution < 1.29 is 14.7 Å². The Morgan fingerprint density at radius 2 is 2.05 bits per heavy atom. The van der Waals surface area contributed by atoms with Crippen molar-refractivity contribution in [3.8, 4) is 0 Å². The first-order valence-corrected chi connectivity index (χ1v) is 7.74. The number of carboxylic acids is 1. The monoisotopic (exact) mass is 293 g/mol. The minimum absolute atomic E-state index is 0.0885. The average molecular weight is 293 g/mol. The number of carboxylic acid groups (broad SMARTS) is 1. The van der Waals surface area contributed by atoms with E-state index in [9.17, 15) is 4.79 Å². The largest absolute Gasteiger partial charge is 0.481 e. The van der Waals surface area contributed by atoms with Gasteiger partial charge in [-0.25, -0.2) is 0 Å². The number of benzene rings is 1. The third kappa shape index (κ3) is 8.48. The molecule has 1 rings (SSSR count). The fraction of sp³-hybridized carbons (Fsp3) is 0.588. The van der Waals surface area contributed by atoms with E-state index in [0.717, 1.165) is 18.4 Å². The maximum Gasteiger partial charge on any atom is 0.305 e. The summed E-state index contributed by atoms with van der Waals surface area (Å²) >= 11 is 0. The molecule has 4 nitrogen and oxygen atoms in total. The van der Waals surface area contributed by atoms with Gasteiger partial charge >= 0.3 is 5.97 Å². The zero-order valence-electron chi connectivity index (χ0n) is 13.0. The predicted molar refractivity (Wildman–Crippen MR) is 83.7 cm³/mol. The minimum atomic E-state index is -0.793. The number of nitrogens with one attached hydrogen (secondary N) is 1. The van der Waals surface area contributed by atoms with Crippen LogP contribution in [-0.2, 0) is 16.2 Å². The first-order chi connectivity index (χ1) is 10.1. The van der Waals surface area contributed by atoms with Crippen molar-refractivity contribution in [3.63, 3.8) is 0 Å². The molecule has 0 radical (unpaired) electrons. The van der Waals surface area contributed by atoms with Crippen LogP contribution in [0.2, 0.25) is 0 Å². The highest BCUT2D eigenvalue weighted by molar-refractivity contribution is 5.67. The van der Waals surface area contributed by atoms with Gasteiger partial charge in [-0.1, -0.05) is 63.4 Å². The summed E-state index contributed by atoms with van der Waals surface area (Å²) in [7, 11) is 0. The Morgan fingerprint density at radius 1 is 1.33 bits per heavy atom. The number of unbranched alkanes of at least 4 members (excludes halogenated alkanes) is 1. The Kier molecular flexibility index (Phi) is 8.71. The molecular weight excluding hydrogens is 266 g/mol. The van der Waals surface area contributed by atoms with Crippen molar-refractivity contribution >= 4 is 5.97 Å². The van der Waals surface area contributed by atoms with E-state index < -0.39 is 5.97 Å². The number of hydrogen-bond donors (Lipinski definition) is 2. The minimum Gasteiger partial charge on any atom is -0.481 e. The van der Waals surface area contributed by atoms with Gasteiger partial charge in [0.1, 0.15) is 0 Å². The van der Waals surface area contributed by atoms with E-state index in [1.165, 1.54) is 12.8 Å². The molecule has 1 aromatic carbocycles. The van der Waals surface area contributed by atoms with Crippen molar-refractivity contribution in [1.82, 2.24) is 5.48 Å². The van der Waals surface area contributed by atoms with E-state index >= 15 is 0 Å². The highest BCUT2D eigenvalue weighted by Crippen LogP contribution is 2.16. The quantitative estimate of drug-likeness (QED) is 0.610. The van der Waals surface area contributed by atoms with Crippen LogP contribution >= 0.6 is 0 Å². The van der Waals surface area contributed by atoms with Gasteiger partial charge in [0.2, 0.25) is 0 Å². The summed E-state index contributed by atoms with van der Waals surface area (Å²) in [4.78, 5) is 16.4. The van der Waals surface area contributed by atoms with Crippen molar-refractivity contribution in [1.29, 1.82) is 0 Å². The van der Waals surface area contributed by atoms with Crippen LogP contribution in [0.25, 0.3) is 0 Å². The molecule has 0 saturated heterocycles. The lowest BCUT2D eigenvalue weighted by Gasteiger charge is -2.20. The fourth-order valence-corrected chi connectivity index (χ4v) is 2.36. The van der Waals surface area contributed by atoms with Crippen LogP contribution in [0, 0.1) is 5.92 Å². The van der Waals surface area contributed by atoms with Gasteiger partial charge in [-0.15, -0.1) is 0 Å². The molecule has 0 aliphatic heterocycles.